The summed E-state index contributed by atoms with van der Waals surface area (Å²) in [6, 6.07) is 0.545. The highest BCUT2D eigenvalue weighted by Crippen LogP contribution is 2.32. The van der Waals surface area contributed by atoms with E-state index in [4.69, 9.17) is 4.74 Å². The Morgan fingerprint density at radius 1 is 1.41 bits per heavy atom. The number of ether oxygens (including phenoxy) is 1. The van der Waals surface area contributed by atoms with E-state index in [2.05, 4.69) is 0 Å². The van der Waals surface area contributed by atoms with E-state index >= 15 is 0 Å². The summed E-state index contributed by atoms with van der Waals surface area (Å²) in [5.41, 5.74) is -1.08. The molecule has 1 aliphatic rings. The van der Waals surface area contributed by atoms with Crippen molar-refractivity contribution in [3.8, 4) is 0 Å². The summed E-state index contributed by atoms with van der Waals surface area (Å²) < 4.78 is 33.2. The molecule has 0 radical (unpaired) electrons. The van der Waals surface area contributed by atoms with Crippen molar-refractivity contribution in [2.45, 2.75) is 32.2 Å². The molecule has 0 N–H and O–H groups in total. The van der Waals surface area contributed by atoms with Gasteiger partial charge in [0.05, 0.1) is 23.7 Å². The van der Waals surface area contributed by atoms with Crippen LogP contribution in [0.4, 0.5) is 20.2 Å². The van der Waals surface area contributed by atoms with Gasteiger partial charge in [0.1, 0.15) is 11.7 Å². The molecule has 0 aliphatic carbocycles. The molecule has 1 aromatic rings. The molecule has 1 fully saturated rings. The van der Waals surface area contributed by atoms with Crippen molar-refractivity contribution in [3.05, 3.63) is 33.9 Å². The second kappa shape index (κ2) is 6.67. The number of nitro benzene ring substituents is 1. The van der Waals surface area contributed by atoms with Gasteiger partial charge in [-0.25, -0.2) is 13.6 Å². The van der Waals surface area contributed by atoms with Crippen LogP contribution >= 0.6 is 0 Å². The molecule has 1 saturated heterocycles. The molecule has 0 bridgehead atoms. The number of carbonyl (C=O) groups excluding carboxylic acids is 1. The SMILES string of the molecule is CCOC(=O)C1CCCCN1c1c(F)cc([N+](=O)[O-])cc1F. The molecule has 0 spiro atoms. The van der Waals surface area contributed by atoms with Crippen LogP contribution < -0.4 is 4.90 Å². The largest absolute Gasteiger partial charge is 0.464 e. The van der Waals surface area contributed by atoms with Crippen molar-refractivity contribution < 1.29 is 23.2 Å². The summed E-state index contributed by atoms with van der Waals surface area (Å²) in [5, 5.41) is 10.6. The second-order valence-electron chi connectivity index (χ2n) is 4.97. The summed E-state index contributed by atoms with van der Waals surface area (Å²) in [5.74, 6) is -2.65. The molecule has 2 rings (SSSR count). The number of hydrogen-bond donors (Lipinski definition) is 0. The average Bonchev–Trinajstić information content (AvgIpc) is 2.47. The molecule has 120 valence electrons. The van der Waals surface area contributed by atoms with Crippen LogP contribution in [-0.4, -0.2) is 30.1 Å². The number of halogens is 2. The Hall–Kier alpha value is -2.25. The molecular formula is C14H16F2N2O4. The number of non-ortho nitro benzene ring substituents is 1. The fourth-order valence-corrected chi connectivity index (χ4v) is 2.61. The molecular weight excluding hydrogens is 298 g/mol. The van der Waals surface area contributed by atoms with Gasteiger partial charge >= 0.3 is 5.97 Å². The molecule has 6 nitrogen and oxygen atoms in total. The van der Waals surface area contributed by atoms with Gasteiger partial charge in [0.2, 0.25) is 0 Å². The highest BCUT2D eigenvalue weighted by molar-refractivity contribution is 5.80. The van der Waals surface area contributed by atoms with E-state index in [1.807, 2.05) is 0 Å². The molecule has 22 heavy (non-hydrogen) atoms. The third kappa shape index (κ3) is 3.15. The quantitative estimate of drug-likeness (QED) is 0.485. The van der Waals surface area contributed by atoms with Crippen LogP contribution in [0.3, 0.4) is 0 Å². The zero-order valence-electron chi connectivity index (χ0n) is 12.1. The smallest absolute Gasteiger partial charge is 0.328 e. The van der Waals surface area contributed by atoms with Gasteiger partial charge in [-0.1, -0.05) is 0 Å². The van der Waals surface area contributed by atoms with E-state index in [-0.39, 0.29) is 13.2 Å². The summed E-state index contributed by atoms with van der Waals surface area (Å²) >= 11 is 0. The summed E-state index contributed by atoms with van der Waals surface area (Å²) in [4.78, 5) is 23.0. The number of benzene rings is 1. The first kappa shape index (κ1) is 16.1. The number of nitro groups is 1. The highest BCUT2D eigenvalue weighted by Gasteiger charge is 2.34. The van der Waals surface area contributed by atoms with Crippen LogP contribution in [0.25, 0.3) is 0 Å². The van der Waals surface area contributed by atoms with Crippen LogP contribution in [0.15, 0.2) is 12.1 Å². The first-order chi connectivity index (χ1) is 10.5. The standard InChI is InChI=1S/C14H16F2N2O4/c1-2-22-14(19)12-5-3-4-6-17(12)13-10(15)7-9(18(20)21)8-11(13)16/h7-8,12H,2-6H2,1H3. The number of hydrogen-bond acceptors (Lipinski definition) is 5. The van der Waals surface area contributed by atoms with Gasteiger partial charge in [0, 0.05) is 6.54 Å². The van der Waals surface area contributed by atoms with Crippen molar-refractivity contribution in [1.29, 1.82) is 0 Å². The minimum atomic E-state index is -1.05. The fraction of sp³-hybridized carbons (Fsp3) is 0.500. The first-order valence-electron chi connectivity index (χ1n) is 7.02. The highest BCUT2D eigenvalue weighted by atomic mass is 19.1. The zero-order chi connectivity index (χ0) is 16.3. The first-order valence-corrected chi connectivity index (χ1v) is 7.02. The van der Waals surface area contributed by atoms with Gasteiger partial charge in [-0.05, 0) is 26.2 Å². The third-order valence-electron chi connectivity index (χ3n) is 3.56. The third-order valence-corrected chi connectivity index (χ3v) is 3.56. The molecule has 1 aliphatic heterocycles. The molecule has 8 heteroatoms. The normalized spacial score (nSPS) is 18.1. The number of rotatable bonds is 4. The minimum Gasteiger partial charge on any atom is -0.464 e. The Bertz CT molecular complexity index is 571. The van der Waals surface area contributed by atoms with Gasteiger partial charge in [-0.15, -0.1) is 0 Å². The van der Waals surface area contributed by atoms with Gasteiger partial charge < -0.3 is 9.64 Å². The maximum Gasteiger partial charge on any atom is 0.328 e. The predicted octanol–water partition coefficient (Wildman–Crippen LogP) is 2.80. The molecule has 0 amide bonds. The Morgan fingerprint density at radius 3 is 2.59 bits per heavy atom. The summed E-state index contributed by atoms with van der Waals surface area (Å²) in [6.45, 7) is 2.11. The van der Waals surface area contributed by atoms with Crippen LogP contribution in [0, 0.1) is 21.7 Å². The monoisotopic (exact) mass is 314 g/mol. The second-order valence-corrected chi connectivity index (χ2v) is 4.97. The lowest BCUT2D eigenvalue weighted by atomic mass is 10.0. The predicted molar refractivity (Wildman–Crippen MR) is 74.6 cm³/mol. The molecule has 1 atom stereocenters. The Balaban J connectivity index is 2.39. The van der Waals surface area contributed by atoms with E-state index < -0.39 is 39.9 Å². The van der Waals surface area contributed by atoms with E-state index in [9.17, 15) is 23.7 Å². The lowest BCUT2D eigenvalue weighted by Crippen LogP contribution is -2.46. The number of anilines is 1. The zero-order valence-corrected chi connectivity index (χ0v) is 12.1. The van der Waals surface area contributed by atoms with Crippen molar-refractivity contribution in [3.63, 3.8) is 0 Å². The maximum absolute atomic E-state index is 14.1. The van der Waals surface area contributed by atoms with Gasteiger partial charge in [0.25, 0.3) is 5.69 Å². The van der Waals surface area contributed by atoms with Crippen LogP contribution in [0.2, 0.25) is 0 Å². The van der Waals surface area contributed by atoms with E-state index in [1.165, 1.54) is 4.90 Å². The Labute approximate surface area is 125 Å². The topological polar surface area (TPSA) is 72.7 Å². The molecule has 0 saturated carbocycles. The van der Waals surface area contributed by atoms with Gasteiger partial charge in [0.15, 0.2) is 11.6 Å². The molecule has 1 unspecified atom stereocenters. The van der Waals surface area contributed by atoms with Crippen molar-refractivity contribution in [1.82, 2.24) is 0 Å². The fourth-order valence-electron chi connectivity index (χ4n) is 2.61. The van der Waals surface area contributed by atoms with Gasteiger partial charge in [-0.2, -0.15) is 0 Å². The van der Waals surface area contributed by atoms with Gasteiger partial charge in [-0.3, -0.25) is 10.1 Å². The van der Waals surface area contributed by atoms with Crippen molar-refractivity contribution >= 4 is 17.3 Å². The van der Waals surface area contributed by atoms with Crippen molar-refractivity contribution in [2.24, 2.45) is 0 Å². The number of carbonyl (C=O) groups is 1. The molecule has 1 heterocycles. The average molecular weight is 314 g/mol. The Kier molecular flexibility index (Phi) is 4.89. The molecule has 0 aromatic heterocycles. The van der Waals surface area contributed by atoms with Crippen LogP contribution in [0.5, 0.6) is 0 Å². The summed E-state index contributed by atoms with van der Waals surface area (Å²) in [6.07, 6.45) is 1.84. The minimum absolute atomic E-state index is 0.175. The number of esters is 1. The summed E-state index contributed by atoms with van der Waals surface area (Å²) in [7, 11) is 0. The number of piperidine rings is 1. The van der Waals surface area contributed by atoms with Crippen LogP contribution in [-0.2, 0) is 9.53 Å². The lowest BCUT2D eigenvalue weighted by Gasteiger charge is -2.36. The van der Waals surface area contributed by atoms with E-state index in [0.717, 1.165) is 6.42 Å². The van der Waals surface area contributed by atoms with Crippen LogP contribution in [0.1, 0.15) is 26.2 Å². The lowest BCUT2D eigenvalue weighted by molar-refractivity contribution is -0.385. The van der Waals surface area contributed by atoms with E-state index in [1.54, 1.807) is 6.92 Å². The number of nitrogens with zero attached hydrogens (tertiary/aromatic N) is 2. The van der Waals surface area contributed by atoms with E-state index in [0.29, 0.717) is 25.0 Å². The molecule has 1 aromatic carbocycles. The Morgan fingerprint density at radius 2 is 2.05 bits per heavy atom. The van der Waals surface area contributed by atoms with Crippen molar-refractivity contribution in [2.75, 3.05) is 18.1 Å². The maximum atomic E-state index is 14.1.